The van der Waals surface area contributed by atoms with Crippen molar-refractivity contribution in [1.29, 1.82) is 0 Å². The summed E-state index contributed by atoms with van der Waals surface area (Å²) in [6.07, 6.45) is 1.01. The lowest BCUT2D eigenvalue weighted by molar-refractivity contribution is -0.140. The number of halogens is 4. The summed E-state index contributed by atoms with van der Waals surface area (Å²) in [5.41, 5.74) is 0.813. The lowest BCUT2D eigenvalue weighted by atomic mass is 10.1. The van der Waals surface area contributed by atoms with E-state index in [-0.39, 0.29) is 23.0 Å². The number of amides is 2. The maximum atomic E-state index is 14.0. The van der Waals surface area contributed by atoms with Crippen molar-refractivity contribution < 1.29 is 18.0 Å². The highest BCUT2D eigenvalue weighted by molar-refractivity contribution is 7.92. The quantitative estimate of drug-likeness (QED) is 0.234. The zero-order valence-electron chi connectivity index (χ0n) is 21.9. The van der Waals surface area contributed by atoms with Crippen LogP contribution in [0.4, 0.5) is 5.69 Å². The van der Waals surface area contributed by atoms with Gasteiger partial charge in [-0.3, -0.25) is 13.9 Å². The molecule has 0 aliphatic heterocycles. The van der Waals surface area contributed by atoms with Crippen LogP contribution in [0.2, 0.25) is 20.1 Å². The second-order valence-corrected chi connectivity index (χ2v) is 12.5. The third-order valence-corrected chi connectivity index (χ3v) is 9.06. The number of anilines is 1. The Labute approximate surface area is 255 Å². The van der Waals surface area contributed by atoms with Crippen molar-refractivity contribution in [3.8, 4) is 0 Å². The molecule has 40 heavy (non-hydrogen) atoms. The molecule has 0 aliphatic rings. The Morgan fingerprint density at radius 3 is 2.17 bits per heavy atom. The third-order valence-electron chi connectivity index (χ3n) is 6.05. The van der Waals surface area contributed by atoms with E-state index in [1.54, 1.807) is 43.3 Å². The van der Waals surface area contributed by atoms with Crippen molar-refractivity contribution >= 4 is 73.9 Å². The second-order valence-electron chi connectivity index (χ2n) is 8.93. The molecule has 1 atom stereocenters. The van der Waals surface area contributed by atoms with Crippen LogP contribution in [0.1, 0.15) is 32.3 Å². The molecular formula is C28H29Cl4N3O4S. The van der Waals surface area contributed by atoms with Crippen LogP contribution in [-0.4, -0.2) is 44.3 Å². The lowest BCUT2D eigenvalue weighted by Crippen LogP contribution is -2.52. The number of nitrogens with one attached hydrogen (secondary N) is 1. The summed E-state index contributed by atoms with van der Waals surface area (Å²) in [4.78, 5) is 28.4. The number of hydrogen-bond donors (Lipinski definition) is 1. The number of sulfonamides is 1. The van der Waals surface area contributed by atoms with Gasteiger partial charge in [0.05, 0.1) is 20.6 Å². The zero-order valence-corrected chi connectivity index (χ0v) is 25.8. The van der Waals surface area contributed by atoms with Gasteiger partial charge in [-0.05, 0) is 73.0 Å². The third kappa shape index (κ3) is 8.04. The highest BCUT2D eigenvalue weighted by Crippen LogP contribution is 2.28. The van der Waals surface area contributed by atoms with Crippen molar-refractivity contribution in [1.82, 2.24) is 10.2 Å². The summed E-state index contributed by atoms with van der Waals surface area (Å²) < 4.78 is 28.6. The predicted molar refractivity (Wildman–Crippen MR) is 162 cm³/mol. The summed E-state index contributed by atoms with van der Waals surface area (Å²) in [5.74, 6) is -0.935. The molecule has 3 aromatic carbocycles. The topological polar surface area (TPSA) is 86.8 Å². The van der Waals surface area contributed by atoms with Crippen LogP contribution in [0.5, 0.6) is 0 Å². The molecule has 0 heterocycles. The van der Waals surface area contributed by atoms with Crippen LogP contribution < -0.4 is 9.62 Å². The van der Waals surface area contributed by atoms with E-state index in [1.165, 1.54) is 35.2 Å². The number of hydrogen-bond acceptors (Lipinski definition) is 4. The van der Waals surface area contributed by atoms with E-state index in [0.717, 1.165) is 4.31 Å². The van der Waals surface area contributed by atoms with Crippen molar-refractivity contribution in [2.45, 2.75) is 44.2 Å². The maximum absolute atomic E-state index is 14.0. The van der Waals surface area contributed by atoms with E-state index in [4.69, 9.17) is 46.4 Å². The summed E-state index contributed by atoms with van der Waals surface area (Å²) >= 11 is 24.5. The largest absolute Gasteiger partial charge is 0.354 e. The minimum Gasteiger partial charge on any atom is -0.354 e. The van der Waals surface area contributed by atoms with Gasteiger partial charge >= 0.3 is 0 Å². The lowest BCUT2D eigenvalue weighted by Gasteiger charge is -2.33. The normalized spacial score (nSPS) is 12.1. The first-order chi connectivity index (χ1) is 19.0. The molecular weight excluding hydrogens is 616 g/mol. The Balaban J connectivity index is 2.06. The predicted octanol–water partition coefficient (Wildman–Crippen LogP) is 6.83. The van der Waals surface area contributed by atoms with Gasteiger partial charge in [0, 0.05) is 23.1 Å². The van der Waals surface area contributed by atoms with Gasteiger partial charge in [0.15, 0.2) is 0 Å². The van der Waals surface area contributed by atoms with Gasteiger partial charge in [-0.1, -0.05) is 72.4 Å². The fourth-order valence-corrected chi connectivity index (χ4v) is 6.05. The molecule has 0 spiro atoms. The number of benzene rings is 3. The van der Waals surface area contributed by atoms with E-state index < -0.39 is 28.5 Å². The van der Waals surface area contributed by atoms with Crippen LogP contribution >= 0.6 is 46.4 Å². The fraction of sp³-hybridized carbons (Fsp3) is 0.286. The van der Waals surface area contributed by atoms with E-state index in [2.05, 4.69) is 5.32 Å². The Kier molecular flexibility index (Phi) is 11.5. The summed E-state index contributed by atoms with van der Waals surface area (Å²) in [6, 6.07) is 15.9. The number of carbonyl (C=O) groups excluding carboxylic acids is 2. The second kappa shape index (κ2) is 14.4. The first-order valence-corrected chi connectivity index (χ1v) is 15.5. The Morgan fingerprint density at radius 1 is 0.875 bits per heavy atom. The summed E-state index contributed by atoms with van der Waals surface area (Å²) in [5, 5.41) is 4.13. The van der Waals surface area contributed by atoms with Crippen LogP contribution in [-0.2, 0) is 26.2 Å². The minimum absolute atomic E-state index is 0.00183. The van der Waals surface area contributed by atoms with Crippen molar-refractivity contribution in [2.24, 2.45) is 0 Å². The average molecular weight is 645 g/mol. The van der Waals surface area contributed by atoms with Gasteiger partial charge < -0.3 is 10.2 Å². The van der Waals surface area contributed by atoms with Gasteiger partial charge in [-0.2, -0.15) is 0 Å². The molecule has 1 unspecified atom stereocenters. The molecule has 0 radical (unpaired) electrons. The molecule has 0 saturated carbocycles. The van der Waals surface area contributed by atoms with Gasteiger partial charge in [0.2, 0.25) is 11.8 Å². The SMILES string of the molecule is CCCNC(=O)C(CC)N(Cc1ccc(Cl)c(Cl)c1)C(=O)CN(c1cccc(Cl)c1)S(=O)(=O)c1ccc(Cl)cc1. The van der Waals surface area contributed by atoms with Crippen molar-refractivity contribution in [2.75, 3.05) is 17.4 Å². The first-order valence-electron chi connectivity index (χ1n) is 12.5. The molecule has 0 aliphatic carbocycles. The van der Waals surface area contributed by atoms with Crippen LogP contribution in [0, 0.1) is 0 Å². The van der Waals surface area contributed by atoms with Crippen molar-refractivity contribution in [3.63, 3.8) is 0 Å². The van der Waals surface area contributed by atoms with E-state index in [0.29, 0.717) is 45.0 Å². The Morgan fingerprint density at radius 2 is 1.57 bits per heavy atom. The molecule has 0 saturated heterocycles. The average Bonchev–Trinajstić information content (AvgIpc) is 2.92. The summed E-state index contributed by atoms with van der Waals surface area (Å²) in [6.45, 7) is 3.54. The molecule has 2 amide bonds. The molecule has 3 rings (SSSR count). The minimum atomic E-state index is -4.24. The zero-order chi connectivity index (χ0) is 29.4. The molecule has 0 bridgehead atoms. The standard InChI is InChI=1S/C28H29Cl4N3O4S/c1-3-14-33-28(37)26(4-2)34(17-19-8-13-24(31)25(32)15-19)27(36)18-35(22-7-5-6-21(30)16-22)40(38,39)23-11-9-20(29)10-12-23/h5-13,15-16,26H,3-4,14,17-18H2,1-2H3,(H,33,37). The Hall–Kier alpha value is -2.49. The van der Waals surface area contributed by atoms with Crippen LogP contribution in [0.15, 0.2) is 71.6 Å². The van der Waals surface area contributed by atoms with Gasteiger partial charge in [-0.25, -0.2) is 8.42 Å². The molecule has 0 aromatic heterocycles. The first kappa shape index (κ1) is 32.0. The maximum Gasteiger partial charge on any atom is 0.264 e. The smallest absolute Gasteiger partial charge is 0.264 e. The van der Waals surface area contributed by atoms with E-state index >= 15 is 0 Å². The number of carbonyl (C=O) groups is 2. The monoisotopic (exact) mass is 643 g/mol. The van der Waals surface area contributed by atoms with Crippen LogP contribution in [0.3, 0.4) is 0 Å². The van der Waals surface area contributed by atoms with Crippen molar-refractivity contribution in [3.05, 3.63) is 92.4 Å². The highest BCUT2D eigenvalue weighted by Gasteiger charge is 2.33. The Bertz CT molecular complexity index is 1450. The molecule has 1 N–H and O–H groups in total. The van der Waals surface area contributed by atoms with E-state index in [1.807, 2.05) is 6.92 Å². The van der Waals surface area contributed by atoms with E-state index in [9.17, 15) is 18.0 Å². The molecule has 7 nitrogen and oxygen atoms in total. The molecule has 12 heteroatoms. The number of rotatable bonds is 12. The van der Waals surface area contributed by atoms with Crippen LogP contribution in [0.25, 0.3) is 0 Å². The molecule has 214 valence electrons. The fourth-order valence-electron chi connectivity index (χ4n) is 4.01. The van der Waals surface area contributed by atoms with Gasteiger partial charge in [-0.15, -0.1) is 0 Å². The van der Waals surface area contributed by atoms with Gasteiger partial charge in [0.1, 0.15) is 12.6 Å². The number of nitrogens with zero attached hydrogens (tertiary/aromatic N) is 2. The highest BCUT2D eigenvalue weighted by atomic mass is 35.5. The van der Waals surface area contributed by atoms with Gasteiger partial charge in [0.25, 0.3) is 10.0 Å². The molecule has 0 fully saturated rings. The molecule has 3 aromatic rings. The summed E-state index contributed by atoms with van der Waals surface area (Å²) in [7, 11) is -4.24.